The lowest BCUT2D eigenvalue weighted by molar-refractivity contribution is 0.241. The molecule has 0 aliphatic carbocycles. The molecule has 8 nitrogen and oxygen atoms in total. The van der Waals surface area contributed by atoms with E-state index in [1.165, 1.54) is 6.07 Å². The van der Waals surface area contributed by atoms with Crippen molar-refractivity contribution in [3.63, 3.8) is 0 Å². The van der Waals surface area contributed by atoms with Crippen molar-refractivity contribution in [1.29, 1.82) is 0 Å². The molecular weight excluding hydrogens is 397 g/mol. The summed E-state index contributed by atoms with van der Waals surface area (Å²) in [5.41, 5.74) is 8.45. The number of aromatic nitrogens is 4. The number of rotatable bonds is 6. The van der Waals surface area contributed by atoms with Crippen LogP contribution in [0.25, 0.3) is 17.2 Å². The van der Waals surface area contributed by atoms with Crippen molar-refractivity contribution >= 4 is 17.4 Å². The van der Waals surface area contributed by atoms with Crippen LogP contribution in [0.2, 0.25) is 0 Å². The summed E-state index contributed by atoms with van der Waals surface area (Å²) in [5.74, 6) is 1.80. The number of nitrogens with one attached hydrogen (secondary N) is 1. The van der Waals surface area contributed by atoms with Gasteiger partial charge in [-0.05, 0) is 44.0 Å². The zero-order valence-electron chi connectivity index (χ0n) is 17.3. The van der Waals surface area contributed by atoms with E-state index < -0.39 is 0 Å². The molecule has 1 unspecified atom stereocenters. The fraction of sp³-hybridized carbons (Fsp3) is 0.318. The van der Waals surface area contributed by atoms with Crippen LogP contribution in [0.4, 0.5) is 16.2 Å². The van der Waals surface area contributed by atoms with Crippen molar-refractivity contribution in [2.45, 2.75) is 31.8 Å². The summed E-state index contributed by atoms with van der Waals surface area (Å²) in [6, 6.07) is 10.8. The zero-order chi connectivity index (χ0) is 21.4. The van der Waals surface area contributed by atoms with Gasteiger partial charge >= 0.3 is 0 Å². The molecule has 9 heteroatoms. The second-order valence-corrected chi connectivity index (χ2v) is 7.76. The van der Waals surface area contributed by atoms with Crippen molar-refractivity contribution in [3.8, 4) is 11.6 Å². The van der Waals surface area contributed by atoms with E-state index >= 15 is 0 Å². The maximum Gasteiger partial charge on any atom is 0.225 e. The van der Waals surface area contributed by atoms with Crippen LogP contribution >= 0.6 is 0 Å². The fourth-order valence-electron chi connectivity index (χ4n) is 4.32. The quantitative estimate of drug-likeness (QED) is 0.493. The number of furan rings is 1. The highest BCUT2D eigenvalue weighted by atomic mass is 19.1. The third-order valence-electron chi connectivity index (χ3n) is 5.85. The monoisotopic (exact) mass is 421 g/mol. The molecule has 4 heterocycles. The molecule has 1 aliphatic rings. The third kappa shape index (κ3) is 3.61. The molecule has 5 rings (SSSR count). The molecule has 31 heavy (non-hydrogen) atoms. The second kappa shape index (κ2) is 7.99. The van der Waals surface area contributed by atoms with Crippen LogP contribution < -0.4 is 11.1 Å². The zero-order valence-corrected chi connectivity index (χ0v) is 17.3. The molecule has 0 saturated carbocycles. The van der Waals surface area contributed by atoms with E-state index in [1.807, 2.05) is 25.2 Å². The van der Waals surface area contributed by atoms with Crippen LogP contribution in [0.5, 0.6) is 0 Å². The lowest BCUT2D eigenvalue weighted by Crippen LogP contribution is -2.31. The van der Waals surface area contributed by atoms with Gasteiger partial charge in [-0.25, -0.2) is 9.37 Å². The molecule has 0 spiro atoms. The van der Waals surface area contributed by atoms with Crippen LogP contribution in [0.3, 0.4) is 0 Å². The summed E-state index contributed by atoms with van der Waals surface area (Å²) < 4.78 is 21.2. The van der Waals surface area contributed by atoms with Gasteiger partial charge in [0.2, 0.25) is 11.8 Å². The topological polar surface area (TPSA) is 97.5 Å². The molecule has 0 radical (unpaired) electrons. The van der Waals surface area contributed by atoms with Crippen molar-refractivity contribution in [1.82, 2.24) is 24.5 Å². The maximum atomic E-state index is 14.2. The highest BCUT2D eigenvalue weighted by molar-refractivity contribution is 5.66. The first-order chi connectivity index (χ1) is 15.1. The molecular formula is C22H24FN7O. The average Bonchev–Trinajstić information content (AvgIpc) is 3.52. The van der Waals surface area contributed by atoms with Gasteiger partial charge in [0.1, 0.15) is 11.6 Å². The Labute approximate surface area is 178 Å². The Balaban J connectivity index is 1.50. The molecule has 1 aromatic carbocycles. The molecule has 160 valence electrons. The number of benzene rings is 1. The molecule has 1 aliphatic heterocycles. The van der Waals surface area contributed by atoms with E-state index in [2.05, 4.69) is 20.3 Å². The Morgan fingerprint density at radius 2 is 2.10 bits per heavy atom. The molecule has 3 N–H and O–H groups in total. The Kier molecular flexibility index (Phi) is 5.03. The summed E-state index contributed by atoms with van der Waals surface area (Å²) in [6.45, 7) is 1.51. The minimum Gasteiger partial charge on any atom is -0.461 e. The van der Waals surface area contributed by atoms with Gasteiger partial charge < -0.3 is 15.5 Å². The Hall–Kier alpha value is -3.46. The van der Waals surface area contributed by atoms with Crippen molar-refractivity contribution in [3.05, 3.63) is 59.6 Å². The Morgan fingerprint density at radius 1 is 1.23 bits per heavy atom. The lowest BCUT2D eigenvalue weighted by atomic mass is 10.0. The van der Waals surface area contributed by atoms with E-state index in [4.69, 9.17) is 15.1 Å². The third-order valence-corrected chi connectivity index (χ3v) is 5.85. The molecule has 1 fully saturated rings. The van der Waals surface area contributed by atoms with E-state index in [0.29, 0.717) is 41.6 Å². The normalized spacial score (nSPS) is 16.9. The van der Waals surface area contributed by atoms with Gasteiger partial charge in [0.05, 0.1) is 6.26 Å². The van der Waals surface area contributed by atoms with E-state index in [0.717, 1.165) is 24.9 Å². The minimum absolute atomic E-state index is 0.166. The van der Waals surface area contributed by atoms with Gasteiger partial charge in [-0.15, -0.1) is 5.10 Å². The summed E-state index contributed by atoms with van der Waals surface area (Å²) in [5, 5.41) is 7.64. The van der Waals surface area contributed by atoms with E-state index in [1.54, 1.807) is 22.9 Å². The van der Waals surface area contributed by atoms with Crippen LogP contribution in [0, 0.1) is 5.82 Å². The van der Waals surface area contributed by atoms with Crippen molar-refractivity contribution in [2.24, 2.45) is 0 Å². The van der Waals surface area contributed by atoms with Gasteiger partial charge in [-0.1, -0.05) is 18.2 Å². The summed E-state index contributed by atoms with van der Waals surface area (Å²) >= 11 is 0. The van der Waals surface area contributed by atoms with Gasteiger partial charge in [-0.3, -0.25) is 4.90 Å². The number of nitrogens with two attached hydrogens (primary N) is 1. The van der Waals surface area contributed by atoms with Crippen molar-refractivity contribution < 1.29 is 8.81 Å². The minimum atomic E-state index is -0.166. The van der Waals surface area contributed by atoms with Crippen LogP contribution in [-0.2, 0) is 13.0 Å². The number of fused-ring (bicyclic) bond motifs is 1. The van der Waals surface area contributed by atoms with Crippen molar-refractivity contribution in [2.75, 3.05) is 24.6 Å². The maximum absolute atomic E-state index is 14.2. The number of nitrogens with zero attached hydrogens (tertiary/aromatic N) is 5. The average molecular weight is 421 g/mol. The Morgan fingerprint density at radius 3 is 2.87 bits per heavy atom. The smallest absolute Gasteiger partial charge is 0.225 e. The molecule has 0 amide bonds. The molecule has 0 bridgehead atoms. The van der Waals surface area contributed by atoms with E-state index in [-0.39, 0.29) is 17.8 Å². The first kappa shape index (κ1) is 19.5. The van der Waals surface area contributed by atoms with Gasteiger partial charge in [0.25, 0.3) is 0 Å². The second-order valence-electron chi connectivity index (χ2n) is 7.76. The van der Waals surface area contributed by atoms with Crippen LogP contribution in [-0.4, -0.2) is 44.1 Å². The summed E-state index contributed by atoms with van der Waals surface area (Å²) in [6.07, 6.45) is 4.38. The van der Waals surface area contributed by atoms with E-state index in [9.17, 15) is 4.39 Å². The SMILES string of the molecule is CNc1nc(N)n2nc(-c3ccco3)nc2c1CC1CCCN1Cc1ccccc1F. The number of hydrogen-bond donors (Lipinski definition) is 2. The first-order valence-corrected chi connectivity index (χ1v) is 10.4. The molecule has 1 saturated heterocycles. The lowest BCUT2D eigenvalue weighted by Gasteiger charge is -2.25. The summed E-state index contributed by atoms with van der Waals surface area (Å²) in [7, 11) is 1.82. The standard InChI is InChI=1S/C22H24FN7O/c1-25-19-16(12-15-7-4-10-29(15)13-14-6-2-3-8-17(14)23)21-26-20(18-9-5-11-31-18)28-30(21)22(24)27-19/h2-3,5-6,8-9,11,15,25H,4,7,10,12-13H2,1H3,(H2,24,27). The number of hydrogen-bond acceptors (Lipinski definition) is 7. The first-order valence-electron chi connectivity index (χ1n) is 10.4. The Bertz CT molecular complexity index is 1200. The predicted molar refractivity (Wildman–Crippen MR) is 116 cm³/mol. The largest absolute Gasteiger partial charge is 0.461 e. The number of anilines is 2. The fourth-order valence-corrected chi connectivity index (χ4v) is 4.32. The number of likely N-dealkylation sites (tertiary alicyclic amines) is 1. The number of nitrogen functional groups attached to an aromatic ring is 1. The molecule has 4 aromatic rings. The molecule has 3 aromatic heterocycles. The van der Waals surface area contributed by atoms with Crippen LogP contribution in [0.15, 0.2) is 47.1 Å². The summed E-state index contributed by atoms with van der Waals surface area (Å²) in [4.78, 5) is 11.5. The highest BCUT2D eigenvalue weighted by Gasteiger charge is 2.28. The predicted octanol–water partition coefficient (Wildman–Crippen LogP) is 3.35. The highest BCUT2D eigenvalue weighted by Crippen LogP contribution is 2.30. The van der Waals surface area contributed by atoms with Crippen LogP contribution in [0.1, 0.15) is 24.0 Å². The number of halogens is 1. The van der Waals surface area contributed by atoms with Gasteiger partial charge in [0.15, 0.2) is 11.4 Å². The van der Waals surface area contributed by atoms with Gasteiger partial charge in [0, 0.05) is 30.8 Å². The molecule has 1 atom stereocenters. The van der Waals surface area contributed by atoms with Gasteiger partial charge in [-0.2, -0.15) is 9.50 Å².